The van der Waals surface area contributed by atoms with Crippen molar-refractivity contribution in [2.24, 2.45) is 5.92 Å². The van der Waals surface area contributed by atoms with E-state index in [1.807, 2.05) is 6.07 Å². The first-order valence-corrected chi connectivity index (χ1v) is 5.81. The van der Waals surface area contributed by atoms with Crippen molar-refractivity contribution in [2.45, 2.75) is 32.2 Å². The van der Waals surface area contributed by atoms with Gasteiger partial charge in [-0.1, -0.05) is 13.3 Å². The van der Waals surface area contributed by atoms with Crippen LogP contribution in [-0.2, 0) is 0 Å². The topological polar surface area (TPSA) is 60.2 Å². The summed E-state index contributed by atoms with van der Waals surface area (Å²) in [6, 6.07) is 4.14. The van der Waals surface area contributed by atoms with Crippen LogP contribution in [0.3, 0.4) is 0 Å². The molecule has 0 aliphatic heterocycles. The molecule has 0 spiro atoms. The number of ether oxygens (including phenoxy) is 1. The Hall–Kier alpha value is -1.45. The number of aromatic nitrogens is 1. The standard InChI is InChI=1S/C12H19N3O/c1-3-4-8-7-10(8)14-12-9(13)5-6-11(15-12)16-2/h5-6,8,10H,3-4,7,13H2,1-2H3,(H,14,15). The summed E-state index contributed by atoms with van der Waals surface area (Å²) in [5, 5.41) is 3.38. The van der Waals surface area contributed by atoms with E-state index in [1.165, 1.54) is 19.3 Å². The van der Waals surface area contributed by atoms with Gasteiger partial charge in [-0.05, 0) is 24.8 Å². The molecule has 88 valence electrons. The monoisotopic (exact) mass is 221 g/mol. The zero-order chi connectivity index (χ0) is 11.5. The van der Waals surface area contributed by atoms with Crippen molar-refractivity contribution in [2.75, 3.05) is 18.2 Å². The summed E-state index contributed by atoms with van der Waals surface area (Å²) in [7, 11) is 1.61. The van der Waals surface area contributed by atoms with E-state index < -0.39 is 0 Å². The van der Waals surface area contributed by atoms with Crippen LogP contribution in [0, 0.1) is 5.92 Å². The Morgan fingerprint density at radius 1 is 1.56 bits per heavy atom. The van der Waals surface area contributed by atoms with Crippen LogP contribution in [-0.4, -0.2) is 18.1 Å². The molecule has 2 rings (SSSR count). The molecule has 0 radical (unpaired) electrons. The van der Waals surface area contributed by atoms with Crippen LogP contribution >= 0.6 is 0 Å². The average Bonchev–Trinajstić information content (AvgIpc) is 3.00. The van der Waals surface area contributed by atoms with Gasteiger partial charge in [-0.2, -0.15) is 4.98 Å². The van der Waals surface area contributed by atoms with Crippen LogP contribution in [0.2, 0.25) is 0 Å². The fraction of sp³-hybridized carbons (Fsp3) is 0.583. The van der Waals surface area contributed by atoms with Gasteiger partial charge in [-0.3, -0.25) is 0 Å². The van der Waals surface area contributed by atoms with E-state index in [1.54, 1.807) is 13.2 Å². The minimum Gasteiger partial charge on any atom is -0.481 e. The number of nitrogen functional groups attached to an aromatic ring is 1. The molecule has 4 heteroatoms. The van der Waals surface area contributed by atoms with Gasteiger partial charge in [0, 0.05) is 12.1 Å². The molecule has 3 N–H and O–H groups in total. The first kappa shape index (κ1) is 11.0. The van der Waals surface area contributed by atoms with Gasteiger partial charge in [0.1, 0.15) is 0 Å². The number of nitrogens with one attached hydrogen (secondary N) is 1. The molecule has 2 unspecified atom stereocenters. The van der Waals surface area contributed by atoms with Crippen molar-refractivity contribution in [1.29, 1.82) is 0 Å². The summed E-state index contributed by atoms with van der Waals surface area (Å²) in [6.45, 7) is 2.22. The third-order valence-corrected chi connectivity index (χ3v) is 3.01. The Labute approximate surface area is 96.2 Å². The molecule has 1 heterocycles. The summed E-state index contributed by atoms with van der Waals surface area (Å²) >= 11 is 0. The second-order valence-corrected chi connectivity index (χ2v) is 4.33. The van der Waals surface area contributed by atoms with Crippen LogP contribution in [0.5, 0.6) is 5.88 Å². The van der Waals surface area contributed by atoms with Crippen molar-refractivity contribution in [1.82, 2.24) is 4.98 Å². The average molecular weight is 221 g/mol. The highest BCUT2D eigenvalue weighted by molar-refractivity contribution is 5.62. The molecule has 1 aromatic heterocycles. The van der Waals surface area contributed by atoms with Crippen molar-refractivity contribution < 1.29 is 4.74 Å². The highest BCUT2D eigenvalue weighted by Gasteiger charge is 2.36. The van der Waals surface area contributed by atoms with Gasteiger partial charge in [0.25, 0.3) is 0 Å². The van der Waals surface area contributed by atoms with Gasteiger partial charge in [0.2, 0.25) is 5.88 Å². The van der Waals surface area contributed by atoms with Gasteiger partial charge >= 0.3 is 0 Å². The van der Waals surface area contributed by atoms with Crippen LogP contribution in [0.25, 0.3) is 0 Å². The number of nitrogens with zero attached hydrogens (tertiary/aromatic N) is 1. The lowest BCUT2D eigenvalue weighted by molar-refractivity contribution is 0.398. The van der Waals surface area contributed by atoms with Gasteiger partial charge in [-0.25, -0.2) is 0 Å². The Morgan fingerprint density at radius 3 is 3.06 bits per heavy atom. The molecule has 16 heavy (non-hydrogen) atoms. The third kappa shape index (κ3) is 2.38. The maximum atomic E-state index is 5.86. The number of hydrogen-bond acceptors (Lipinski definition) is 4. The van der Waals surface area contributed by atoms with Crippen molar-refractivity contribution in [3.8, 4) is 5.88 Å². The highest BCUT2D eigenvalue weighted by atomic mass is 16.5. The number of hydrogen-bond donors (Lipinski definition) is 2. The number of rotatable bonds is 5. The van der Waals surface area contributed by atoms with E-state index in [-0.39, 0.29) is 0 Å². The molecule has 1 fully saturated rings. The predicted molar refractivity (Wildman–Crippen MR) is 65.6 cm³/mol. The summed E-state index contributed by atoms with van der Waals surface area (Å²) in [4.78, 5) is 4.31. The van der Waals surface area contributed by atoms with Crippen molar-refractivity contribution >= 4 is 11.5 Å². The van der Waals surface area contributed by atoms with Crippen molar-refractivity contribution in [3.05, 3.63) is 12.1 Å². The smallest absolute Gasteiger partial charge is 0.215 e. The molecule has 0 bridgehead atoms. The second kappa shape index (κ2) is 4.60. The number of anilines is 2. The molecule has 4 nitrogen and oxygen atoms in total. The molecule has 1 aliphatic rings. The SMILES string of the molecule is CCCC1CC1Nc1nc(OC)ccc1N. The summed E-state index contributed by atoms with van der Waals surface area (Å²) in [5.74, 6) is 2.14. The Kier molecular flexibility index (Phi) is 3.17. The Morgan fingerprint density at radius 2 is 2.38 bits per heavy atom. The van der Waals surface area contributed by atoms with Gasteiger partial charge in [0.05, 0.1) is 12.8 Å². The largest absolute Gasteiger partial charge is 0.481 e. The summed E-state index contributed by atoms with van der Waals surface area (Å²) in [6.07, 6.45) is 3.75. The lowest BCUT2D eigenvalue weighted by atomic mass is 10.2. The fourth-order valence-corrected chi connectivity index (χ4v) is 1.97. The number of methoxy groups -OCH3 is 1. The molecule has 1 aliphatic carbocycles. The molecular formula is C12H19N3O. The normalized spacial score (nSPS) is 22.9. The highest BCUT2D eigenvalue weighted by Crippen LogP contribution is 2.38. The second-order valence-electron chi connectivity index (χ2n) is 4.33. The lowest BCUT2D eigenvalue weighted by Gasteiger charge is -2.09. The van der Waals surface area contributed by atoms with Crippen LogP contribution < -0.4 is 15.8 Å². The van der Waals surface area contributed by atoms with Crippen LogP contribution in [0.4, 0.5) is 11.5 Å². The molecule has 2 atom stereocenters. The predicted octanol–water partition coefficient (Wildman–Crippen LogP) is 2.27. The minimum atomic E-state index is 0.543. The van der Waals surface area contributed by atoms with E-state index in [0.29, 0.717) is 17.6 Å². The summed E-state index contributed by atoms with van der Waals surface area (Å²) in [5.41, 5.74) is 6.54. The van der Waals surface area contributed by atoms with E-state index in [2.05, 4.69) is 17.2 Å². The maximum Gasteiger partial charge on any atom is 0.215 e. The zero-order valence-electron chi connectivity index (χ0n) is 9.86. The van der Waals surface area contributed by atoms with E-state index in [4.69, 9.17) is 10.5 Å². The number of nitrogens with two attached hydrogens (primary N) is 1. The summed E-state index contributed by atoms with van der Waals surface area (Å²) < 4.78 is 5.08. The quantitative estimate of drug-likeness (QED) is 0.800. The van der Waals surface area contributed by atoms with E-state index in [9.17, 15) is 0 Å². The molecule has 0 aromatic carbocycles. The Balaban J connectivity index is 1.99. The van der Waals surface area contributed by atoms with Crippen LogP contribution in [0.15, 0.2) is 12.1 Å². The van der Waals surface area contributed by atoms with E-state index >= 15 is 0 Å². The van der Waals surface area contributed by atoms with Gasteiger partial charge in [-0.15, -0.1) is 0 Å². The minimum absolute atomic E-state index is 0.543. The first-order valence-electron chi connectivity index (χ1n) is 5.81. The Bertz CT molecular complexity index is 367. The lowest BCUT2D eigenvalue weighted by Crippen LogP contribution is -2.09. The van der Waals surface area contributed by atoms with Gasteiger partial charge < -0.3 is 15.8 Å². The van der Waals surface area contributed by atoms with Crippen molar-refractivity contribution in [3.63, 3.8) is 0 Å². The molecule has 1 aromatic rings. The molecular weight excluding hydrogens is 202 g/mol. The third-order valence-electron chi connectivity index (χ3n) is 3.01. The molecule has 0 amide bonds. The number of pyridine rings is 1. The molecule has 1 saturated carbocycles. The fourth-order valence-electron chi connectivity index (χ4n) is 1.97. The van der Waals surface area contributed by atoms with E-state index in [0.717, 1.165) is 11.7 Å². The zero-order valence-corrected chi connectivity index (χ0v) is 9.86. The molecule has 0 saturated heterocycles. The van der Waals surface area contributed by atoms with Gasteiger partial charge in [0.15, 0.2) is 5.82 Å². The maximum absolute atomic E-state index is 5.86. The van der Waals surface area contributed by atoms with Crippen LogP contribution in [0.1, 0.15) is 26.2 Å². The first-order chi connectivity index (χ1) is 7.74.